The summed E-state index contributed by atoms with van der Waals surface area (Å²) in [5, 5.41) is 9.39. The zero-order chi connectivity index (χ0) is 25.0. The average Bonchev–Trinajstić information content (AvgIpc) is 3.36. The molecule has 2 aromatic heterocycles. The summed E-state index contributed by atoms with van der Waals surface area (Å²) in [6, 6.07) is 8.62. The summed E-state index contributed by atoms with van der Waals surface area (Å²) in [7, 11) is -3.31. The number of fused-ring (bicyclic) bond motifs is 5. The molecule has 186 valence electrons. The number of aryl methyl sites for hydroxylation is 1. The van der Waals surface area contributed by atoms with E-state index in [-0.39, 0.29) is 31.7 Å². The second-order valence-corrected chi connectivity index (χ2v) is 11.5. The molecular formula is C26H26FN5O3S. The standard InChI is InChI=1S/C26H26FN5O3S/c1-36(34,35)32-12-10-31(11-13-32)26(33)19-7-6-16(14-21(19)27)25-18-5-3-2-4-17(18)24-20-15-28-30-22(20)8-9-23(24)29-25/h6-9,14-15H,2-5,10-13H2,1H3,(H,28,30). The summed E-state index contributed by atoms with van der Waals surface area (Å²) < 4.78 is 40.2. The Balaban J connectivity index is 1.36. The van der Waals surface area contributed by atoms with Crippen LogP contribution in [0.1, 0.15) is 34.3 Å². The molecule has 2 aromatic carbocycles. The second kappa shape index (κ2) is 8.63. The molecule has 0 atom stereocenters. The number of carbonyl (C=O) groups is 1. The highest BCUT2D eigenvalue weighted by molar-refractivity contribution is 7.88. The smallest absolute Gasteiger partial charge is 0.256 e. The molecule has 0 bridgehead atoms. The number of pyridine rings is 1. The molecule has 1 saturated heterocycles. The van der Waals surface area contributed by atoms with Crippen molar-refractivity contribution >= 4 is 37.7 Å². The second-order valence-electron chi connectivity index (χ2n) is 9.56. The van der Waals surface area contributed by atoms with Gasteiger partial charge >= 0.3 is 0 Å². The SMILES string of the molecule is CS(=O)(=O)N1CCN(C(=O)c2ccc(-c3nc4ccc5[nH]ncc5c4c4c3CCCC4)cc2F)CC1. The Morgan fingerprint density at radius 2 is 1.78 bits per heavy atom. The highest BCUT2D eigenvalue weighted by Gasteiger charge is 2.28. The lowest BCUT2D eigenvalue weighted by atomic mass is 9.85. The Kier molecular flexibility index (Phi) is 5.53. The zero-order valence-corrected chi connectivity index (χ0v) is 20.7. The number of halogens is 1. The van der Waals surface area contributed by atoms with E-state index in [9.17, 15) is 13.2 Å². The van der Waals surface area contributed by atoms with Crippen LogP contribution in [0.2, 0.25) is 0 Å². The van der Waals surface area contributed by atoms with E-state index in [1.165, 1.54) is 26.9 Å². The number of piperazine rings is 1. The number of amides is 1. The fraction of sp³-hybridized carbons (Fsp3) is 0.346. The number of rotatable bonds is 3. The van der Waals surface area contributed by atoms with E-state index in [0.717, 1.165) is 65.0 Å². The summed E-state index contributed by atoms with van der Waals surface area (Å²) in [4.78, 5) is 19.5. The number of nitrogens with zero attached hydrogens (tertiary/aromatic N) is 4. The summed E-state index contributed by atoms with van der Waals surface area (Å²) in [5.41, 5.74) is 5.61. The Hall–Kier alpha value is -3.37. The van der Waals surface area contributed by atoms with E-state index in [1.54, 1.807) is 6.07 Å². The van der Waals surface area contributed by atoms with Crippen molar-refractivity contribution in [1.82, 2.24) is 24.4 Å². The molecule has 1 aliphatic heterocycles. The van der Waals surface area contributed by atoms with Gasteiger partial charge in [0.05, 0.1) is 34.7 Å². The fourth-order valence-corrected chi connectivity index (χ4v) is 6.34. The minimum atomic E-state index is -3.31. The lowest BCUT2D eigenvalue weighted by Gasteiger charge is -2.33. The third-order valence-electron chi connectivity index (χ3n) is 7.36. The Bertz CT molecular complexity index is 1620. The van der Waals surface area contributed by atoms with E-state index < -0.39 is 21.7 Å². The highest BCUT2D eigenvalue weighted by atomic mass is 32.2. The maximum atomic E-state index is 15.3. The topological polar surface area (TPSA) is 99.3 Å². The number of benzene rings is 2. The van der Waals surface area contributed by atoms with Gasteiger partial charge in [-0.2, -0.15) is 9.40 Å². The van der Waals surface area contributed by atoms with Gasteiger partial charge in [-0.05, 0) is 61.1 Å². The van der Waals surface area contributed by atoms with Gasteiger partial charge in [-0.15, -0.1) is 0 Å². The molecule has 4 aromatic rings. The van der Waals surface area contributed by atoms with Crippen LogP contribution in [0, 0.1) is 5.82 Å². The molecule has 10 heteroatoms. The number of nitrogens with one attached hydrogen (secondary N) is 1. The minimum absolute atomic E-state index is 0.0127. The summed E-state index contributed by atoms with van der Waals surface area (Å²) >= 11 is 0. The number of aromatic amines is 1. The zero-order valence-electron chi connectivity index (χ0n) is 19.9. The van der Waals surface area contributed by atoms with Crippen LogP contribution >= 0.6 is 0 Å². The van der Waals surface area contributed by atoms with Crippen molar-refractivity contribution in [2.45, 2.75) is 25.7 Å². The minimum Gasteiger partial charge on any atom is -0.336 e. The van der Waals surface area contributed by atoms with Gasteiger partial charge in [0.1, 0.15) is 5.82 Å². The molecular weight excluding hydrogens is 481 g/mol. The molecule has 2 aliphatic rings. The predicted octanol–water partition coefficient (Wildman–Crippen LogP) is 3.51. The monoisotopic (exact) mass is 507 g/mol. The first-order valence-electron chi connectivity index (χ1n) is 12.1. The van der Waals surface area contributed by atoms with Crippen LogP contribution in [0.3, 0.4) is 0 Å². The van der Waals surface area contributed by atoms with Crippen molar-refractivity contribution in [3.05, 3.63) is 59.0 Å². The number of carbonyl (C=O) groups excluding carboxylic acids is 1. The normalized spacial score (nSPS) is 17.0. The molecule has 1 amide bonds. The third-order valence-corrected chi connectivity index (χ3v) is 8.66. The van der Waals surface area contributed by atoms with E-state index >= 15 is 4.39 Å². The molecule has 36 heavy (non-hydrogen) atoms. The van der Waals surface area contributed by atoms with Crippen molar-refractivity contribution in [3.63, 3.8) is 0 Å². The molecule has 3 heterocycles. The Morgan fingerprint density at radius 1 is 1.03 bits per heavy atom. The number of sulfonamides is 1. The number of hydrogen-bond acceptors (Lipinski definition) is 5. The van der Waals surface area contributed by atoms with E-state index in [4.69, 9.17) is 4.98 Å². The van der Waals surface area contributed by atoms with Crippen LogP contribution in [0.4, 0.5) is 4.39 Å². The van der Waals surface area contributed by atoms with E-state index in [1.807, 2.05) is 18.3 Å². The first-order valence-corrected chi connectivity index (χ1v) is 14.0. The lowest BCUT2D eigenvalue weighted by Crippen LogP contribution is -2.50. The molecule has 1 fully saturated rings. The molecule has 0 unspecified atom stereocenters. The Morgan fingerprint density at radius 3 is 2.50 bits per heavy atom. The summed E-state index contributed by atoms with van der Waals surface area (Å²) in [5.74, 6) is -1.03. The summed E-state index contributed by atoms with van der Waals surface area (Å²) in [6.07, 6.45) is 6.93. The molecule has 1 aliphatic carbocycles. The molecule has 0 spiro atoms. The number of H-pyrrole nitrogens is 1. The quantitative estimate of drug-likeness (QED) is 0.458. The first kappa shape index (κ1) is 23.1. The van der Waals surface area contributed by atoms with Gasteiger partial charge in [0.25, 0.3) is 5.91 Å². The maximum Gasteiger partial charge on any atom is 0.256 e. The van der Waals surface area contributed by atoms with Crippen molar-refractivity contribution in [2.24, 2.45) is 0 Å². The van der Waals surface area contributed by atoms with Crippen LogP contribution in [0.5, 0.6) is 0 Å². The summed E-state index contributed by atoms with van der Waals surface area (Å²) in [6.45, 7) is 0.882. The van der Waals surface area contributed by atoms with Gasteiger partial charge in [0.2, 0.25) is 10.0 Å². The van der Waals surface area contributed by atoms with E-state index in [0.29, 0.717) is 5.56 Å². The van der Waals surface area contributed by atoms with Crippen molar-refractivity contribution in [1.29, 1.82) is 0 Å². The van der Waals surface area contributed by atoms with Crippen LogP contribution in [-0.2, 0) is 22.9 Å². The van der Waals surface area contributed by atoms with Crippen molar-refractivity contribution in [3.8, 4) is 11.3 Å². The first-order chi connectivity index (χ1) is 17.3. The van der Waals surface area contributed by atoms with E-state index in [2.05, 4.69) is 10.2 Å². The lowest BCUT2D eigenvalue weighted by molar-refractivity contribution is 0.0693. The maximum absolute atomic E-state index is 15.3. The van der Waals surface area contributed by atoms with Gasteiger partial charge in [0, 0.05) is 42.5 Å². The van der Waals surface area contributed by atoms with Crippen molar-refractivity contribution in [2.75, 3.05) is 32.4 Å². The fourth-order valence-electron chi connectivity index (χ4n) is 5.51. The van der Waals surface area contributed by atoms with Crippen LogP contribution in [0.25, 0.3) is 33.1 Å². The van der Waals surface area contributed by atoms with Crippen molar-refractivity contribution < 1.29 is 17.6 Å². The predicted molar refractivity (Wildman–Crippen MR) is 136 cm³/mol. The molecule has 6 rings (SSSR count). The highest BCUT2D eigenvalue weighted by Crippen LogP contribution is 2.38. The van der Waals surface area contributed by atoms with Gasteiger partial charge in [-0.3, -0.25) is 9.89 Å². The van der Waals surface area contributed by atoms with Gasteiger partial charge in [0.15, 0.2) is 0 Å². The molecule has 8 nitrogen and oxygen atoms in total. The molecule has 0 radical (unpaired) electrons. The van der Waals surface area contributed by atoms with Gasteiger partial charge in [-0.1, -0.05) is 6.07 Å². The van der Waals surface area contributed by atoms with Crippen LogP contribution in [-0.4, -0.2) is 71.1 Å². The van der Waals surface area contributed by atoms with Gasteiger partial charge in [-0.25, -0.2) is 17.8 Å². The van der Waals surface area contributed by atoms with Crippen LogP contribution in [0.15, 0.2) is 36.5 Å². The van der Waals surface area contributed by atoms with Gasteiger partial charge < -0.3 is 4.90 Å². The molecule has 1 N–H and O–H groups in total. The van der Waals surface area contributed by atoms with Crippen LogP contribution < -0.4 is 0 Å². The Labute approximate surface area is 208 Å². The largest absolute Gasteiger partial charge is 0.336 e. The number of hydrogen-bond donors (Lipinski definition) is 1. The molecule has 0 saturated carbocycles. The average molecular weight is 508 g/mol. The third kappa shape index (κ3) is 3.84. The number of aromatic nitrogens is 3.